The first kappa shape index (κ1) is 8.19. The van der Waals surface area contributed by atoms with Gasteiger partial charge in [0.1, 0.15) is 0 Å². The summed E-state index contributed by atoms with van der Waals surface area (Å²) in [4.78, 5) is 10.0. The lowest BCUT2D eigenvalue weighted by Crippen LogP contribution is -1.96. The Morgan fingerprint density at radius 2 is 2.00 bits per heavy atom. The molecule has 0 aliphatic carbocycles. The molecule has 1 aromatic rings. The average Bonchev–Trinajstić information content (AvgIpc) is 2.05. The van der Waals surface area contributed by atoms with Gasteiger partial charge in [0.2, 0.25) is 5.69 Å². The van der Waals surface area contributed by atoms with Crippen molar-refractivity contribution in [3.05, 3.63) is 35.5 Å². The van der Waals surface area contributed by atoms with E-state index in [9.17, 15) is 10.0 Å². The van der Waals surface area contributed by atoms with Crippen LogP contribution in [-0.2, 0) is 0 Å². The van der Waals surface area contributed by atoms with E-state index in [4.69, 9.17) is 5.11 Å². The molecular formula is C7H6N2O3. The smallest absolute Gasteiger partial charge is 0.489 e. The van der Waals surface area contributed by atoms with Crippen molar-refractivity contribution in [2.45, 2.75) is 0 Å². The van der Waals surface area contributed by atoms with Crippen LogP contribution in [0.3, 0.4) is 0 Å². The molecule has 5 nitrogen and oxygen atoms in total. The van der Waals surface area contributed by atoms with Crippen molar-refractivity contribution in [2.24, 2.45) is 5.11 Å². The maximum absolute atomic E-state index is 10.8. The second-order valence-electron chi connectivity index (χ2n) is 1.99. The summed E-state index contributed by atoms with van der Waals surface area (Å²) in [5, 5.41) is 21.7. The molecule has 0 saturated carbocycles. The SMILES string of the molecule is O=C(O)N=[N+]([O-])c1ccccc1. The Morgan fingerprint density at radius 1 is 1.42 bits per heavy atom. The number of para-hydroxylation sites is 1. The minimum Gasteiger partial charge on any atom is -0.594 e. The summed E-state index contributed by atoms with van der Waals surface area (Å²) in [6, 6.07) is 7.91. The van der Waals surface area contributed by atoms with E-state index < -0.39 is 6.09 Å². The van der Waals surface area contributed by atoms with E-state index in [-0.39, 0.29) is 10.5 Å². The molecule has 1 rings (SSSR count). The highest BCUT2D eigenvalue weighted by atomic mass is 16.5. The van der Waals surface area contributed by atoms with Gasteiger partial charge in [-0.15, -0.1) is 0 Å². The van der Waals surface area contributed by atoms with E-state index in [2.05, 4.69) is 5.11 Å². The summed E-state index contributed by atoms with van der Waals surface area (Å²) in [7, 11) is 0. The maximum Gasteiger partial charge on any atom is 0.489 e. The van der Waals surface area contributed by atoms with Crippen LogP contribution in [0.15, 0.2) is 35.4 Å². The predicted molar refractivity (Wildman–Crippen MR) is 40.2 cm³/mol. The van der Waals surface area contributed by atoms with Crippen molar-refractivity contribution in [3.8, 4) is 0 Å². The van der Waals surface area contributed by atoms with Gasteiger partial charge >= 0.3 is 6.09 Å². The lowest BCUT2D eigenvalue weighted by Gasteiger charge is -1.95. The highest BCUT2D eigenvalue weighted by molar-refractivity contribution is 5.64. The zero-order chi connectivity index (χ0) is 8.97. The Labute approximate surface area is 68.2 Å². The molecule has 1 aromatic carbocycles. The molecule has 0 heterocycles. The molecule has 0 spiro atoms. The summed E-state index contributed by atoms with van der Waals surface area (Å²) in [6.45, 7) is 0. The third-order valence-electron chi connectivity index (χ3n) is 1.15. The number of rotatable bonds is 1. The van der Waals surface area contributed by atoms with Gasteiger partial charge in [0.15, 0.2) is 0 Å². The fraction of sp³-hybridized carbons (Fsp3) is 0. The Bertz CT molecular complexity index is 308. The third kappa shape index (κ3) is 2.05. The van der Waals surface area contributed by atoms with E-state index >= 15 is 0 Å². The molecule has 1 amide bonds. The Morgan fingerprint density at radius 3 is 2.50 bits per heavy atom. The number of azo groups is 1. The lowest BCUT2D eigenvalue weighted by molar-refractivity contribution is -0.435. The standard InChI is InChI=1S/C7H6N2O3/c10-7(11)8-9(12)6-4-2-1-3-5-6/h1-5H,(H,10,11). The molecule has 0 aromatic heterocycles. The van der Waals surface area contributed by atoms with Crippen LogP contribution in [0.25, 0.3) is 0 Å². The summed E-state index contributed by atoms with van der Waals surface area (Å²) >= 11 is 0. The summed E-state index contributed by atoms with van der Waals surface area (Å²) < 4.78 is 0. The van der Waals surface area contributed by atoms with Gasteiger partial charge in [0, 0.05) is 12.1 Å². The Balaban J connectivity index is 2.93. The van der Waals surface area contributed by atoms with Crippen LogP contribution in [0.2, 0.25) is 0 Å². The molecule has 1 N–H and O–H groups in total. The first-order chi connectivity index (χ1) is 5.70. The van der Waals surface area contributed by atoms with Crippen LogP contribution in [0.5, 0.6) is 0 Å². The average molecular weight is 166 g/mol. The molecule has 0 bridgehead atoms. The van der Waals surface area contributed by atoms with E-state index in [0.29, 0.717) is 0 Å². The van der Waals surface area contributed by atoms with Crippen LogP contribution in [-0.4, -0.2) is 16.1 Å². The second-order valence-corrected chi connectivity index (χ2v) is 1.99. The summed E-state index contributed by atoms with van der Waals surface area (Å²) in [5.74, 6) is 0. The molecule has 62 valence electrons. The highest BCUT2D eigenvalue weighted by Gasteiger charge is 2.03. The predicted octanol–water partition coefficient (Wildman–Crippen LogP) is 1.96. The van der Waals surface area contributed by atoms with Gasteiger partial charge in [-0.25, -0.2) is 4.79 Å². The zero-order valence-corrected chi connectivity index (χ0v) is 6.04. The molecule has 0 radical (unpaired) electrons. The molecule has 5 heteroatoms. The monoisotopic (exact) mass is 166 g/mol. The Kier molecular flexibility index (Phi) is 2.37. The molecule has 0 fully saturated rings. The maximum atomic E-state index is 10.8. The molecule has 0 atom stereocenters. The van der Waals surface area contributed by atoms with Gasteiger partial charge < -0.3 is 10.3 Å². The first-order valence-electron chi connectivity index (χ1n) is 3.17. The molecule has 12 heavy (non-hydrogen) atoms. The van der Waals surface area contributed by atoms with E-state index in [1.807, 2.05) is 0 Å². The van der Waals surface area contributed by atoms with Crippen LogP contribution in [0, 0.1) is 5.21 Å². The second kappa shape index (κ2) is 3.47. The molecule has 0 unspecified atom stereocenters. The van der Waals surface area contributed by atoms with Gasteiger partial charge in [-0.1, -0.05) is 18.2 Å². The topological polar surface area (TPSA) is 75.7 Å². The number of benzene rings is 1. The van der Waals surface area contributed by atoms with Gasteiger partial charge in [-0.05, 0) is 4.86 Å². The van der Waals surface area contributed by atoms with Crippen LogP contribution < -0.4 is 0 Å². The van der Waals surface area contributed by atoms with Crippen molar-refractivity contribution < 1.29 is 14.8 Å². The zero-order valence-electron chi connectivity index (χ0n) is 6.04. The minimum atomic E-state index is -1.51. The number of carbonyl (C=O) groups is 1. The minimum absolute atomic E-state index is 0.0579. The Hall–Kier alpha value is -1.91. The van der Waals surface area contributed by atoms with E-state index in [1.54, 1.807) is 18.2 Å². The molecule has 0 aliphatic rings. The van der Waals surface area contributed by atoms with Gasteiger partial charge in [-0.3, -0.25) is 0 Å². The summed E-state index contributed by atoms with van der Waals surface area (Å²) in [6.07, 6.45) is -1.51. The quantitative estimate of drug-likeness (QED) is 0.393. The number of amides is 1. The normalized spacial score (nSPS) is 11.2. The van der Waals surface area contributed by atoms with Crippen molar-refractivity contribution in [3.63, 3.8) is 0 Å². The lowest BCUT2D eigenvalue weighted by atomic mass is 10.3. The van der Waals surface area contributed by atoms with Crippen molar-refractivity contribution in [2.75, 3.05) is 0 Å². The van der Waals surface area contributed by atoms with Crippen molar-refractivity contribution in [1.29, 1.82) is 0 Å². The van der Waals surface area contributed by atoms with E-state index in [0.717, 1.165) is 0 Å². The fourth-order valence-electron chi connectivity index (χ4n) is 0.691. The van der Waals surface area contributed by atoms with Crippen LogP contribution in [0.1, 0.15) is 0 Å². The number of hydrogen-bond donors (Lipinski definition) is 1. The molecular weight excluding hydrogens is 160 g/mol. The van der Waals surface area contributed by atoms with Crippen molar-refractivity contribution >= 4 is 11.8 Å². The number of hydrogen-bond acceptors (Lipinski definition) is 2. The fourth-order valence-corrected chi connectivity index (χ4v) is 0.691. The van der Waals surface area contributed by atoms with Crippen LogP contribution in [0.4, 0.5) is 10.5 Å². The van der Waals surface area contributed by atoms with E-state index in [1.165, 1.54) is 12.1 Å². The largest absolute Gasteiger partial charge is 0.594 e. The highest BCUT2D eigenvalue weighted by Crippen LogP contribution is 2.09. The number of nitrogens with zero attached hydrogens (tertiary/aromatic N) is 2. The molecule has 0 saturated heterocycles. The van der Waals surface area contributed by atoms with Crippen LogP contribution >= 0.6 is 0 Å². The first-order valence-corrected chi connectivity index (χ1v) is 3.17. The van der Waals surface area contributed by atoms with Gasteiger partial charge in [0.25, 0.3) is 0 Å². The summed E-state index contributed by atoms with van der Waals surface area (Å²) in [5.41, 5.74) is 0.194. The van der Waals surface area contributed by atoms with Gasteiger partial charge in [0.05, 0.1) is 5.11 Å². The molecule has 0 aliphatic heterocycles. The van der Waals surface area contributed by atoms with Gasteiger partial charge in [-0.2, -0.15) is 0 Å². The third-order valence-corrected chi connectivity index (χ3v) is 1.15. The van der Waals surface area contributed by atoms with Crippen molar-refractivity contribution in [1.82, 2.24) is 0 Å². The number of carboxylic acid groups (broad SMARTS) is 1.